The van der Waals surface area contributed by atoms with Gasteiger partial charge in [-0.05, 0) is 37.0 Å². The number of ether oxygens (including phenoxy) is 2. The minimum absolute atomic E-state index is 0.0939. The summed E-state index contributed by atoms with van der Waals surface area (Å²) in [6.45, 7) is 0.180. The summed E-state index contributed by atoms with van der Waals surface area (Å²) in [7, 11) is 0. The van der Waals surface area contributed by atoms with Crippen LogP contribution in [-0.4, -0.2) is 24.9 Å². The summed E-state index contributed by atoms with van der Waals surface area (Å²) >= 11 is 0. The third kappa shape index (κ3) is 3.94. The van der Waals surface area contributed by atoms with Gasteiger partial charge < -0.3 is 14.8 Å². The molecule has 4 nitrogen and oxygen atoms in total. The van der Waals surface area contributed by atoms with Gasteiger partial charge in [-0.1, -0.05) is 18.9 Å². The first-order valence-corrected chi connectivity index (χ1v) is 8.18. The Labute approximate surface area is 138 Å². The molecule has 0 saturated heterocycles. The Morgan fingerprint density at radius 1 is 1.17 bits per heavy atom. The maximum Gasteiger partial charge on any atom is 0.393 e. The van der Waals surface area contributed by atoms with E-state index in [0.29, 0.717) is 30.8 Å². The van der Waals surface area contributed by atoms with Gasteiger partial charge in [0.25, 0.3) is 0 Å². The standard InChI is InChI=1S/C17H20F3NO3/c18-17(19,20)12-3-1-2-4-13(12)21-16(22)8-6-11-5-7-14-15(9-11)24-10-23-14/h5,7,9,12-13H,1-4,6,8,10H2,(H,21,22)/t12-,13+/m1/s1. The van der Waals surface area contributed by atoms with Gasteiger partial charge in [-0.2, -0.15) is 13.2 Å². The second-order valence-corrected chi connectivity index (χ2v) is 6.29. The number of carbonyl (C=O) groups excluding carboxylic acids is 1. The second-order valence-electron chi connectivity index (χ2n) is 6.29. The van der Waals surface area contributed by atoms with Crippen LogP contribution in [-0.2, 0) is 11.2 Å². The minimum Gasteiger partial charge on any atom is -0.454 e. The predicted molar refractivity (Wildman–Crippen MR) is 80.8 cm³/mol. The molecular weight excluding hydrogens is 323 g/mol. The summed E-state index contributed by atoms with van der Waals surface area (Å²) in [5.41, 5.74) is 0.894. The Morgan fingerprint density at radius 3 is 2.71 bits per heavy atom. The lowest BCUT2D eigenvalue weighted by atomic mass is 9.84. The van der Waals surface area contributed by atoms with E-state index in [-0.39, 0.29) is 25.5 Å². The van der Waals surface area contributed by atoms with Crippen LogP contribution in [0.4, 0.5) is 13.2 Å². The highest BCUT2D eigenvalue weighted by Crippen LogP contribution is 2.38. The van der Waals surface area contributed by atoms with Crippen molar-refractivity contribution < 1.29 is 27.4 Å². The topological polar surface area (TPSA) is 47.6 Å². The van der Waals surface area contributed by atoms with E-state index in [0.717, 1.165) is 12.0 Å². The van der Waals surface area contributed by atoms with Crippen molar-refractivity contribution in [3.8, 4) is 11.5 Å². The molecular formula is C17H20F3NO3. The van der Waals surface area contributed by atoms with Gasteiger partial charge in [0.05, 0.1) is 5.92 Å². The SMILES string of the molecule is O=C(CCc1ccc2c(c1)OCO2)N[C@H]1CCCC[C@H]1C(F)(F)F. The van der Waals surface area contributed by atoms with Crippen LogP contribution >= 0.6 is 0 Å². The molecule has 2 aliphatic rings. The molecule has 1 saturated carbocycles. The van der Waals surface area contributed by atoms with E-state index in [4.69, 9.17) is 9.47 Å². The van der Waals surface area contributed by atoms with Crippen LogP contribution in [0.15, 0.2) is 18.2 Å². The number of halogens is 3. The molecule has 0 radical (unpaired) electrons. The van der Waals surface area contributed by atoms with Crippen molar-refractivity contribution in [3.05, 3.63) is 23.8 Å². The molecule has 1 aliphatic carbocycles. The van der Waals surface area contributed by atoms with Crippen molar-refractivity contribution in [1.82, 2.24) is 5.32 Å². The van der Waals surface area contributed by atoms with Crippen molar-refractivity contribution >= 4 is 5.91 Å². The van der Waals surface area contributed by atoms with Crippen LogP contribution in [0.25, 0.3) is 0 Å². The highest BCUT2D eigenvalue weighted by atomic mass is 19.4. The number of aryl methyl sites for hydroxylation is 1. The quantitative estimate of drug-likeness (QED) is 0.909. The van der Waals surface area contributed by atoms with Gasteiger partial charge in [-0.3, -0.25) is 4.79 Å². The Morgan fingerprint density at radius 2 is 1.92 bits per heavy atom. The largest absolute Gasteiger partial charge is 0.454 e. The van der Waals surface area contributed by atoms with Gasteiger partial charge in [0, 0.05) is 12.5 Å². The molecule has 0 aromatic heterocycles. The number of amides is 1. The van der Waals surface area contributed by atoms with Gasteiger partial charge >= 0.3 is 6.18 Å². The average molecular weight is 343 g/mol. The fourth-order valence-electron chi connectivity index (χ4n) is 3.33. The predicted octanol–water partition coefficient (Wildman–Crippen LogP) is 3.59. The molecule has 1 fully saturated rings. The van der Waals surface area contributed by atoms with Crippen molar-refractivity contribution in [2.75, 3.05) is 6.79 Å². The van der Waals surface area contributed by atoms with E-state index in [9.17, 15) is 18.0 Å². The lowest BCUT2D eigenvalue weighted by molar-refractivity contribution is -0.189. The van der Waals surface area contributed by atoms with Crippen molar-refractivity contribution in [2.24, 2.45) is 5.92 Å². The first-order chi connectivity index (χ1) is 11.4. The molecule has 1 N–H and O–H groups in total. The lowest BCUT2D eigenvalue weighted by Crippen LogP contribution is -2.47. The van der Waals surface area contributed by atoms with Crippen LogP contribution in [0.2, 0.25) is 0 Å². The number of alkyl halides is 3. The summed E-state index contributed by atoms with van der Waals surface area (Å²) < 4.78 is 49.6. The van der Waals surface area contributed by atoms with Crippen molar-refractivity contribution in [2.45, 2.75) is 50.7 Å². The van der Waals surface area contributed by atoms with E-state index in [1.807, 2.05) is 6.07 Å². The maximum atomic E-state index is 13.0. The first-order valence-electron chi connectivity index (χ1n) is 8.18. The zero-order valence-corrected chi connectivity index (χ0v) is 13.2. The zero-order chi connectivity index (χ0) is 17.2. The molecule has 24 heavy (non-hydrogen) atoms. The van der Waals surface area contributed by atoms with Gasteiger partial charge in [0.1, 0.15) is 0 Å². The van der Waals surface area contributed by atoms with E-state index in [2.05, 4.69) is 5.32 Å². The van der Waals surface area contributed by atoms with Crippen molar-refractivity contribution in [3.63, 3.8) is 0 Å². The Bertz CT molecular complexity index is 603. The smallest absolute Gasteiger partial charge is 0.393 e. The fourth-order valence-corrected chi connectivity index (χ4v) is 3.33. The second kappa shape index (κ2) is 6.91. The molecule has 0 unspecified atom stereocenters. The summed E-state index contributed by atoms with van der Waals surface area (Å²) in [6.07, 6.45) is -1.88. The molecule has 1 aromatic rings. The Balaban J connectivity index is 1.53. The third-order valence-electron chi connectivity index (χ3n) is 4.61. The van der Waals surface area contributed by atoms with E-state index >= 15 is 0 Å². The molecule has 1 heterocycles. The highest BCUT2D eigenvalue weighted by molar-refractivity contribution is 5.76. The molecule has 1 aliphatic heterocycles. The number of fused-ring (bicyclic) bond motifs is 1. The fraction of sp³-hybridized carbons (Fsp3) is 0.588. The minimum atomic E-state index is -4.25. The zero-order valence-electron chi connectivity index (χ0n) is 13.2. The normalized spacial score (nSPS) is 23.1. The monoisotopic (exact) mass is 343 g/mol. The number of nitrogens with one attached hydrogen (secondary N) is 1. The van der Waals surface area contributed by atoms with E-state index < -0.39 is 18.1 Å². The molecule has 0 spiro atoms. The number of hydrogen-bond acceptors (Lipinski definition) is 3. The Hall–Kier alpha value is -1.92. The van der Waals surface area contributed by atoms with Gasteiger partial charge in [-0.25, -0.2) is 0 Å². The molecule has 3 rings (SSSR count). The van der Waals surface area contributed by atoms with Crippen LogP contribution in [0.1, 0.15) is 37.7 Å². The molecule has 1 aromatic carbocycles. The summed E-state index contributed by atoms with van der Waals surface area (Å²) in [4.78, 5) is 12.1. The molecule has 2 atom stereocenters. The molecule has 7 heteroatoms. The maximum absolute atomic E-state index is 13.0. The number of carbonyl (C=O) groups is 1. The lowest BCUT2D eigenvalue weighted by Gasteiger charge is -2.33. The first kappa shape index (κ1) is 16.9. The van der Waals surface area contributed by atoms with Crippen LogP contribution < -0.4 is 14.8 Å². The molecule has 0 bridgehead atoms. The van der Waals surface area contributed by atoms with Gasteiger partial charge in [-0.15, -0.1) is 0 Å². The summed E-state index contributed by atoms with van der Waals surface area (Å²) in [5.74, 6) is -0.467. The summed E-state index contributed by atoms with van der Waals surface area (Å²) in [6, 6.07) is 4.61. The highest BCUT2D eigenvalue weighted by Gasteiger charge is 2.45. The van der Waals surface area contributed by atoms with Crippen LogP contribution in [0.3, 0.4) is 0 Å². The number of hydrogen-bond donors (Lipinski definition) is 1. The van der Waals surface area contributed by atoms with Gasteiger partial charge in [0.15, 0.2) is 11.5 Å². The van der Waals surface area contributed by atoms with Gasteiger partial charge in [0.2, 0.25) is 12.7 Å². The number of benzene rings is 1. The molecule has 1 amide bonds. The average Bonchev–Trinajstić information content (AvgIpc) is 3.00. The summed E-state index contributed by atoms with van der Waals surface area (Å²) in [5, 5.41) is 2.58. The van der Waals surface area contributed by atoms with Crippen LogP contribution in [0, 0.1) is 5.92 Å². The number of rotatable bonds is 4. The van der Waals surface area contributed by atoms with Crippen LogP contribution in [0.5, 0.6) is 11.5 Å². The molecule has 132 valence electrons. The van der Waals surface area contributed by atoms with E-state index in [1.54, 1.807) is 12.1 Å². The Kier molecular flexibility index (Phi) is 4.87. The third-order valence-corrected chi connectivity index (χ3v) is 4.61. The van der Waals surface area contributed by atoms with E-state index in [1.165, 1.54) is 0 Å². The van der Waals surface area contributed by atoms with Crippen molar-refractivity contribution in [1.29, 1.82) is 0 Å².